The first kappa shape index (κ1) is 15.3. The second-order valence-corrected chi connectivity index (χ2v) is 6.60. The number of hydrogen-bond donors (Lipinski definition) is 0. The van der Waals surface area contributed by atoms with E-state index in [1.165, 1.54) is 56.6 Å². The van der Waals surface area contributed by atoms with Crippen LogP contribution in [0.5, 0.6) is 0 Å². The molecule has 1 saturated carbocycles. The minimum atomic E-state index is 0.541. The van der Waals surface area contributed by atoms with E-state index in [1.54, 1.807) is 11.3 Å². The fourth-order valence-corrected chi connectivity index (χ4v) is 4.07. The van der Waals surface area contributed by atoms with Gasteiger partial charge in [0.05, 0.1) is 16.6 Å². The first-order valence-corrected chi connectivity index (χ1v) is 8.98. The van der Waals surface area contributed by atoms with Gasteiger partial charge in [-0.3, -0.25) is 0 Å². The highest BCUT2D eigenvalue weighted by atomic mass is 35.5. The molecular weight excluding hydrogens is 276 g/mol. The van der Waals surface area contributed by atoms with Crippen LogP contribution in [-0.4, -0.2) is 29.0 Å². The molecule has 1 aliphatic carbocycles. The molecule has 1 aliphatic rings. The Bertz CT molecular complexity index is 361. The van der Waals surface area contributed by atoms with Crippen molar-refractivity contribution < 1.29 is 0 Å². The topological polar surface area (TPSA) is 16.1 Å². The zero-order valence-electron chi connectivity index (χ0n) is 11.9. The Morgan fingerprint density at radius 1 is 1.37 bits per heavy atom. The number of rotatable bonds is 7. The summed E-state index contributed by atoms with van der Waals surface area (Å²) in [6.45, 7) is 4.70. The Morgan fingerprint density at radius 2 is 2.16 bits per heavy atom. The van der Waals surface area contributed by atoms with Gasteiger partial charge in [-0.25, -0.2) is 4.98 Å². The maximum atomic E-state index is 5.78. The summed E-state index contributed by atoms with van der Waals surface area (Å²) in [5.74, 6) is 0.541. The second kappa shape index (κ2) is 8.23. The molecule has 1 aromatic heterocycles. The molecule has 1 fully saturated rings. The van der Waals surface area contributed by atoms with Crippen molar-refractivity contribution in [2.45, 2.75) is 63.8 Å². The molecule has 0 bridgehead atoms. The molecule has 0 aliphatic heterocycles. The van der Waals surface area contributed by atoms with E-state index in [-0.39, 0.29) is 0 Å². The van der Waals surface area contributed by atoms with Gasteiger partial charge >= 0.3 is 0 Å². The third kappa shape index (κ3) is 4.73. The second-order valence-electron chi connectivity index (χ2n) is 5.39. The predicted molar refractivity (Wildman–Crippen MR) is 84.1 cm³/mol. The van der Waals surface area contributed by atoms with Gasteiger partial charge in [0.15, 0.2) is 0 Å². The molecule has 0 N–H and O–H groups in total. The highest BCUT2D eigenvalue weighted by Crippen LogP contribution is 2.23. The fourth-order valence-electron chi connectivity index (χ4n) is 3.00. The summed E-state index contributed by atoms with van der Waals surface area (Å²) in [6, 6.07) is 0.841. The molecule has 2 rings (SSSR count). The summed E-state index contributed by atoms with van der Waals surface area (Å²) in [4.78, 5) is 7.21. The average Bonchev–Trinajstić information content (AvgIpc) is 2.92. The van der Waals surface area contributed by atoms with Crippen LogP contribution in [0.4, 0.5) is 0 Å². The number of halogens is 1. The Morgan fingerprint density at radius 3 is 2.79 bits per heavy atom. The Balaban J connectivity index is 1.73. The monoisotopic (exact) mass is 300 g/mol. The smallest absolute Gasteiger partial charge is 0.0929 e. The normalized spacial score (nSPS) is 17.2. The van der Waals surface area contributed by atoms with Crippen molar-refractivity contribution in [1.82, 2.24) is 9.88 Å². The molecule has 108 valence electrons. The number of hydrogen-bond acceptors (Lipinski definition) is 3. The van der Waals surface area contributed by atoms with Crippen LogP contribution in [0.3, 0.4) is 0 Å². The van der Waals surface area contributed by atoms with E-state index in [4.69, 9.17) is 11.6 Å². The van der Waals surface area contributed by atoms with E-state index >= 15 is 0 Å². The third-order valence-electron chi connectivity index (χ3n) is 4.07. The highest BCUT2D eigenvalue weighted by molar-refractivity contribution is 7.09. The van der Waals surface area contributed by atoms with E-state index in [0.29, 0.717) is 5.88 Å². The molecule has 0 radical (unpaired) electrons. The maximum Gasteiger partial charge on any atom is 0.0929 e. The van der Waals surface area contributed by atoms with Crippen molar-refractivity contribution in [2.24, 2.45) is 0 Å². The number of thiazole rings is 1. The SMILES string of the molecule is CCN(CCCc1nc(CCl)cs1)C1CCCCC1. The molecule has 1 aromatic rings. The van der Waals surface area contributed by atoms with Crippen LogP contribution < -0.4 is 0 Å². The number of aryl methyl sites for hydroxylation is 1. The van der Waals surface area contributed by atoms with E-state index in [0.717, 1.165) is 18.2 Å². The molecule has 0 atom stereocenters. The first-order valence-electron chi connectivity index (χ1n) is 7.56. The van der Waals surface area contributed by atoms with Crippen LogP contribution in [0.1, 0.15) is 56.2 Å². The van der Waals surface area contributed by atoms with E-state index in [2.05, 4.69) is 22.2 Å². The Labute approximate surface area is 126 Å². The quantitative estimate of drug-likeness (QED) is 0.691. The molecule has 4 heteroatoms. The summed E-state index contributed by atoms with van der Waals surface area (Å²) < 4.78 is 0. The third-order valence-corrected chi connectivity index (χ3v) is 5.30. The van der Waals surface area contributed by atoms with Crippen molar-refractivity contribution in [2.75, 3.05) is 13.1 Å². The van der Waals surface area contributed by atoms with Crippen molar-refractivity contribution in [3.8, 4) is 0 Å². The van der Waals surface area contributed by atoms with Crippen LogP contribution >= 0.6 is 22.9 Å². The van der Waals surface area contributed by atoms with E-state index < -0.39 is 0 Å². The standard InChI is InChI=1S/C15H25ClN2S/c1-2-18(14-7-4-3-5-8-14)10-6-9-15-17-13(11-16)12-19-15/h12,14H,2-11H2,1H3. The molecule has 0 unspecified atom stereocenters. The summed E-state index contributed by atoms with van der Waals surface area (Å²) in [7, 11) is 0. The minimum absolute atomic E-state index is 0.541. The molecule has 2 nitrogen and oxygen atoms in total. The van der Waals surface area contributed by atoms with Crippen LogP contribution in [0, 0.1) is 0 Å². The highest BCUT2D eigenvalue weighted by Gasteiger charge is 2.19. The van der Waals surface area contributed by atoms with Gasteiger partial charge in [-0.1, -0.05) is 26.2 Å². The lowest BCUT2D eigenvalue weighted by Crippen LogP contribution is -2.37. The lowest BCUT2D eigenvalue weighted by molar-refractivity contribution is 0.162. The van der Waals surface area contributed by atoms with E-state index in [1.807, 2.05) is 0 Å². The number of alkyl halides is 1. The predicted octanol–water partition coefficient (Wildman–Crippen LogP) is 4.47. The van der Waals surface area contributed by atoms with Gasteiger partial charge in [-0.15, -0.1) is 22.9 Å². The molecule has 0 spiro atoms. The van der Waals surface area contributed by atoms with Crippen LogP contribution in [-0.2, 0) is 12.3 Å². The Hall–Kier alpha value is -0.120. The Kier molecular flexibility index (Phi) is 6.62. The number of nitrogens with zero attached hydrogens (tertiary/aromatic N) is 2. The van der Waals surface area contributed by atoms with Gasteiger partial charge in [0, 0.05) is 17.8 Å². The van der Waals surface area contributed by atoms with Crippen LogP contribution in [0.2, 0.25) is 0 Å². The van der Waals surface area contributed by atoms with Crippen LogP contribution in [0.15, 0.2) is 5.38 Å². The van der Waals surface area contributed by atoms with Crippen molar-refractivity contribution in [3.63, 3.8) is 0 Å². The summed E-state index contributed by atoms with van der Waals surface area (Å²) in [5, 5.41) is 3.33. The molecule has 1 heterocycles. The summed E-state index contributed by atoms with van der Waals surface area (Å²) >= 11 is 7.54. The minimum Gasteiger partial charge on any atom is -0.301 e. The van der Waals surface area contributed by atoms with Crippen molar-refractivity contribution in [3.05, 3.63) is 16.1 Å². The lowest BCUT2D eigenvalue weighted by atomic mass is 9.94. The largest absolute Gasteiger partial charge is 0.301 e. The van der Waals surface area contributed by atoms with E-state index in [9.17, 15) is 0 Å². The molecular formula is C15H25ClN2S. The zero-order valence-corrected chi connectivity index (χ0v) is 13.5. The average molecular weight is 301 g/mol. The van der Waals surface area contributed by atoms with Gasteiger partial charge in [0.2, 0.25) is 0 Å². The van der Waals surface area contributed by atoms with Gasteiger partial charge < -0.3 is 4.90 Å². The van der Waals surface area contributed by atoms with Crippen LogP contribution in [0.25, 0.3) is 0 Å². The number of aromatic nitrogens is 1. The summed E-state index contributed by atoms with van der Waals surface area (Å²) in [5.41, 5.74) is 1.03. The summed E-state index contributed by atoms with van der Waals surface area (Å²) in [6.07, 6.45) is 9.42. The first-order chi connectivity index (χ1) is 9.33. The maximum absolute atomic E-state index is 5.78. The van der Waals surface area contributed by atoms with Crippen molar-refractivity contribution >= 4 is 22.9 Å². The van der Waals surface area contributed by atoms with Gasteiger partial charge in [-0.2, -0.15) is 0 Å². The molecule has 19 heavy (non-hydrogen) atoms. The molecule has 0 saturated heterocycles. The van der Waals surface area contributed by atoms with Gasteiger partial charge in [0.1, 0.15) is 0 Å². The van der Waals surface area contributed by atoms with Gasteiger partial charge in [0.25, 0.3) is 0 Å². The van der Waals surface area contributed by atoms with Crippen molar-refractivity contribution in [1.29, 1.82) is 0 Å². The molecule has 0 amide bonds. The zero-order chi connectivity index (χ0) is 13.5. The van der Waals surface area contributed by atoms with Gasteiger partial charge in [-0.05, 0) is 32.4 Å². The fraction of sp³-hybridized carbons (Fsp3) is 0.800. The molecule has 0 aromatic carbocycles. The lowest BCUT2D eigenvalue weighted by Gasteiger charge is -2.33.